The zero-order chi connectivity index (χ0) is 14.2. The van der Waals surface area contributed by atoms with Gasteiger partial charge in [0.05, 0.1) is 18.1 Å². The third-order valence-electron chi connectivity index (χ3n) is 4.22. The lowest BCUT2D eigenvalue weighted by Gasteiger charge is -2.25. The molecule has 2 aliphatic rings. The van der Waals surface area contributed by atoms with Crippen LogP contribution in [-0.4, -0.2) is 50.2 Å². The fourth-order valence-corrected chi connectivity index (χ4v) is 4.22. The predicted octanol–water partition coefficient (Wildman–Crippen LogP) is 1.09. The standard InChI is InChI=1S/C15H19NO3S/c17-15(11-16-6-8-20(18,19)9-7-16)14-5-4-12-2-1-3-13(12)10-14/h4-5,10H,1-3,6-9,11H2. The number of carbonyl (C=O) groups excluding carboxylic acids is 1. The van der Waals surface area contributed by atoms with Crippen LogP contribution in [0, 0.1) is 0 Å². The van der Waals surface area contributed by atoms with Gasteiger partial charge in [-0.15, -0.1) is 0 Å². The van der Waals surface area contributed by atoms with Crippen LogP contribution in [0.15, 0.2) is 18.2 Å². The Morgan fingerprint density at radius 3 is 2.55 bits per heavy atom. The van der Waals surface area contributed by atoms with Crippen molar-refractivity contribution in [1.29, 1.82) is 0 Å². The fourth-order valence-electron chi connectivity index (χ4n) is 2.95. The summed E-state index contributed by atoms with van der Waals surface area (Å²) in [7, 11) is -2.88. The molecule has 5 heteroatoms. The van der Waals surface area contributed by atoms with Gasteiger partial charge < -0.3 is 0 Å². The molecule has 1 fully saturated rings. The number of benzene rings is 1. The predicted molar refractivity (Wildman–Crippen MR) is 77.9 cm³/mol. The molecular weight excluding hydrogens is 274 g/mol. The van der Waals surface area contributed by atoms with Crippen LogP contribution in [0.2, 0.25) is 0 Å². The number of Topliss-reactive ketones (excluding diaryl/α,β-unsaturated/α-hetero) is 1. The van der Waals surface area contributed by atoms with Gasteiger partial charge in [-0.25, -0.2) is 8.42 Å². The Labute approximate surface area is 119 Å². The molecular formula is C15H19NO3S. The monoisotopic (exact) mass is 293 g/mol. The SMILES string of the molecule is O=C(CN1CCS(=O)(=O)CC1)c1ccc2c(c1)CCC2. The Balaban J connectivity index is 1.65. The van der Waals surface area contributed by atoms with Crippen molar-refractivity contribution in [3.8, 4) is 0 Å². The van der Waals surface area contributed by atoms with E-state index >= 15 is 0 Å². The molecule has 4 nitrogen and oxygen atoms in total. The van der Waals surface area contributed by atoms with Gasteiger partial charge in [-0.3, -0.25) is 9.69 Å². The molecule has 0 aromatic heterocycles. The van der Waals surface area contributed by atoms with Gasteiger partial charge in [0.15, 0.2) is 15.6 Å². The largest absolute Gasteiger partial charge is 0.294 e. The van der Waals surface area contributed by atoms with Crippen LogP contribution >= 0.6 is 0 Å². The zero-order valence-corrected chi connectivity index (χ0v) is 12.3. The first kappa shape index (κ1) is 13.8. The van der Waals surface area contributed by atoms with Crippen molar-refractivity contribution in [2.75, 3.05) is 31.1 Å². The van der Waals surface area contributed by atoms with Crippen molar-refractivity contribution in [2.24, 2.45) is 0 Å². The topological polar surface area (TPSA) is 54.5 Å². The number of carbonyl (C=O) groups is 1. The first-order valence-electron chi connectivity index (χ1n) is 7.11. The van der Waals surface area contributed by atoms with E-state index in [1.54, 1.807) is 0 Å². The minimum absolute atomic E-state index is 0.0963. The summed E-state index contributed by atoms with van der Waals surface area (Å²) in [4.78, 5) is 14.2. The summed E-state index contributed by atoms with van der Waals surface area (Å²) in [5, 5.41) is 0. The fraction of sp³-hybridized carbons (Fsp3) is 0.533. The van der Waals surface area contributed by atoms with Gasteiger partial charge >= 0.3 is 0 Å². The molecule has 0 saturated carbocycles. The number of hydrogen-bond acceptors (Lipinski definition) is 4. The maximum absolute atomic E-state index is 12.3. The second-order valence-corrected chi connectivity index (χ2v) is 7.99. The summed E-state index contributed by atoms with van der Waals surface area (Å²) < 4.78 is 22.7. The number of sulfone groups is 1. The van der Waals surface area contributed by atoms with Gasteiger partial charge in [0, 0.05) is 18.7 Å². The number of hydrogen-bond donors (Lipinski definition) is 0. The molecule has 3 rings (SSSR count). The van der Waals surface area contributed by atoms with Gasteiger partial charge in [-0.2, -0.15) is 0 Å². The van der Waals surface area contributed by atoms with E-state index in [1.165, 1.54) is 17.5 Å². The lowest BCUT2D eigenvalue weighted by molar-refractivity contribution is 0.0936. The third kappa shape index (κ3) is 2.94. The third-order valence-corrected chi connectivity index (χ3v) is 5.83. The molecule has 0 atom stereocenters. The van der Waals surface area contributed by atoms with E-state index in [1.807, 2.05) is 17.0 Å². The van der Waals surface area contributed by atoms with E-state index in [-0.39, 0.29) is 17.3 Å². The highest BCUT2D eigenvalue weighted by molar-refractivity contribution is 7.91. The van der Waals surface area contributed by atoms with Crippen molar-refractivity contribution in [3.63, 3.8) is 0 Å². The summed E-state index contributed by atoms with van der Waals surface area (Å²) in [5.74, 6) is 0.438. The molecule has 108 valence electrons. The molecule has 1 heterocycles. The van der Waals surface area contributed by atoms with Crippen molar-refractivity contribution < 1.29 is 13.2 Å². The van der Waals surface area contributed by atoms with Crippen LogP contribution in [-0.2, 0) is 22.7 Å². The van der Waals surface area contributed by atoms with Crippen molar-refractivity contribution in [3.05, 3.63) is 34.9 Å². The molecule has 0 bridgehead atoms. The van der Waals surface area contributed by atoms with Gasteiger partial charge in [-0.1, -0.05) is 12.1 Å². The maximum atomic E-state index is 12.3. The van der Waals surface area contributed by atoms with E-state index < -0.39 is 9.84 Å². The van der Waals surface area contributed by atoms with Crippen molar-refractivity contribution >= 4 is 15.6 Å². The van der Waals surface area contributed by atoms with Gasteiger partial charge in [-0.05, 0) is 36.5 Å². The van der Waals surface area contributed by atoms with Gasteiger partial charge in [0.25, 0.3) is 0 Å². The minimum Gasteiger partial charge on any atom is -0.294 e. The van der Waals surface area contributed by atoms with E-state index in [9.17, 15) is 13.2 Å². The summed E-state index contributed by atoms with van der Waals surface area (Å²) in [6, 6.07) is 5.99. The van der Waals surface area contributed by atoms with Crippen molar-refractivity contribution in [2.45, 2.75) is 19.3 Å². The molecule has 1 aromatic rings. The smallest absolute Gasteiger partial charge is 0.176 e. The average Bonchev–Trinajstić information content (AvgIpc) is 2.88. The van der Waals surface area contributed by atoms with Crippen LogP contribution in [0.25, 0.3) is 0 Å². The molecule has 1 aliphatic carbocycles. The quantitative estimate of drug-likeness (QED) is 0.783. The number of rotatable bonds is 3. The van der Waals surface area contributed by atoms with Crippen LogP contribution in [0.4, 0.5) is 0 Å². The van der Waals surface area contributed by atoms with Crippen LogP contribution in [0.1, 0.15) is 27.9 Å². The van der Waals surface area contributed by atoms with E-state index in [0.29, 0.717) is 19.6 Å². The molecule has 20 heavy (non-hydrogen) atoms. The average molecular weight is 293 g/mol. The molecule has 0 N–H and O–H groups in total. The van der Waals surface area contributed by atoms with Gasteiger partial charge in [0.2, 0.25) is 0 Å². The lowest BCUT2D eigenvalue weighted by Crippen LogP contribution is -2.42. The number of nitrogens with zero attached hydrogens (tertiary/aromatic N) is 1. The molecule has 1 aromatic carbocycles. The highest BCUT2D eigenvalue weighted by atomic mass is 32.2. The number of aryl methyl sites for hydroxylation is 2. The second kappa shape index (κ2) is 5.30. The normalized spacial score (nSPS) is 21.6. The first-order valence-corrected chi connectivity index (χ1v) is 8.93. The maximum Gasteiger partial charge on any atom is 0.176 e. The van der Waals surface area contributed by atoms with Crippen molar-refractivity contribution in [1.82, 2.24) is 4.90 Å². The van der Waals surface area contributed by atoms with Crippen LogP contribution in [0.5, 0.6) is 0 Å². The molecule has 1 aliphatic heterocycles. The van der Waals surface area contributed by atoms with Crippen LogP contribution < -0.4 is 0 Å². The van der Waals surface area contributed by atoms with E-state index in [2.05, 4.69) is 6.07 Å². The molecule has 1 saturated heterocycles. The van der Waals surface area contributed by atoms with Crippen LogP contribution in [0.3, 0.4) is 0 Å². The minimum atomic E-state index is -2.88. The summed E-state index contributed by atoms with van der Waals surface area (Å²) in [6.07, 6.45) is 3.36. The van der Waals surface area contributed by atoms with E-state index in [4.69, 9.17) is 0 Å². The summed E-state index contributed by atoms with van der Waals surface area (Å²) in [5.41, 5.74) is 3.43. The highest BCUT2D eigenvalue weighted by Gasteiger charge is 2.23. The van der Waals surface area contributed by atoms with Gasteiger partial charge in [0.1, 0.15) is 0 Å². The Morgan fingerprint density at radius 1 is 1.10 bits per heavy atom. The van der Waals surface area contributed by atoms with E-state index in [0.717, 1.165) is 18.4 Å². The Morgan fingerprint density at radius 2 is 1.80 bits per heavy atom. The molecule has 0 amide bonds. The first-order chi connectivity index (χ1) is 9.53. The Kier molecular flexibility index (Phi) is 3.65. The number of fused-ring (bicyclic) bond motifs is 1. The Bertz CT molecular complexity index is 623. The number of ketones is 1. The summed E-state index contributed by atoms with van der Waals surface area (Å²) >= 11 is 0. The lowest BCUT2D eigenvalue weighted by atomic mass is 10.0. The molecule has 0 spiro atoms. The zero-order valence-electron chi connectivity index (χ0n) is 11.5. The second-order valence-electron chi connectivity index (χ2n) is 5.69. The molecule has 0 radical (unpaired) electrons. The summed E-state index contributed by atoms with van der Waals surface area (Å²) in [6.45, 7) is 1.27. The molecule has 0 unspecified atom stereocenters. The Hall–Kier alpha value is -1.20. The highest BCUT2D eigenvalue weighted by Crippen LogP contribution is 2.23.